The van der Waals surface area contributed by atoms with E-state index in [0.717, 1.165) is 6.54 Å². The molecule has 0 saturated carbocycles. The van der Waals surface area contributed by atoms with Gasteiger partial charge in [-0.15, -0.1) is 5.10 Å². The van der Waals surface area contributed by atoms with Crippen molar-refractivity contribution in [2.75, 3.05) is 25.0 Å². The Bertz CT molecular complexity index is 685. The van der Waals surface area contributed by atoms with Crippen LogP contribution >= 0.6 is 0 Å². The largest absolute Gasteiger partial charge is 0.353 e. The predicted octanol–water partition coefficient (Wildman–Crippen LogP) is 3.44. The first-order valence-corrected chi connectivity index (χ1v) is 9.48. The standard InChI is InChI=1S/C20H29N5/c1-19(17-6-4-3-5-7-17)9-10-20(2)12-16(8-11-25(20)14-19)13-21-18-22-15-23-24-18/h3-7,15-16H,8-14H2,1-2H3,(H2,21,22,23,24). The van der Waals surface area contributed by atoms with E-state index in [0.29, 0.717) is 17.4 Å². The van der Waals surface area contributed by atoms with Crippen LogP contribution in [-0.4, -0.2) is 45.3 Å². The molecular weight excluding hydrogens is 310 g/mol. The van der Waals surface area contributed by atoms with E-state index in [2.05, 4.69) is 69.6 Å². The lowest BCUT2D eigenvalue weighted by molar-refractivity contribution is -0.0240. The average molecular weight is 339 g/mol. The molecule has 2 saturated heterocycles. The van der Waals surface area contributed by atoms with E-state index in [1.54, 1.807) is 6.33 Å². The summed E-state index contributed by atoms with van der Waals surface area (Å²) < 4.78 is 0. The number of hydrogen-bond acceptors (Lipinski definition) is 4. The maximum Gasteiger partial charge on any atom is 0.241 e. The van der Waals surface area contributed by atoms with Crippen molar-refractivity contribution in [2.24, 2.45) is 5.92 Å². The number of H-pyrrole nitrogens is 1. The molecule has 3 unspecified atom stereocenters. The molecular formula is C20H29N5. The van der Waals surface area contributed by atoms with Gasteiger partial charge in [-0.25, -0.2) is 4.98 Å². The molecule has 5 nitrogen and oxygen atoms in total. The van der Waals surface area contributed by atoms with Crippen LogP contribution in [0.25, 0.3) is 0 Å². The van der Waals surface area contributed by atoms with E-state index < -0.39 is 0 Å². The fourth-order valence-corrected chi connectivity index (χ4v) is 4.82. The Balaban J connectivity index is 1.41. The lowest BCUT2D eigenvalue weighted by Crippen LogP contribution is -2.60. The van der Waals surface area contributed by atoms with E-state index >= 15 is 0 Å². The van der Waals surface area contributed by atoms with Gasteiger partial charge in [0.15, 0.2) is 0 Å². The Kier molecular flexibility index (Phi) is 4.28. The average Bonchev–Trinajstić information content (AvgIpc) is 3.15. The van der Waals surface area contributed by atoms with Crippen LogP contribution in [0.5, 0.6) is 0 Å². The van der Waals surface area contributed by atoms with Gasteiger partial charge >= 0.3 is 0 Å². The Morgan fingerprint density at radius 2 is 2.08 bits per heavy atom. The summed E-state index contributed by atoms with van der Waals surface area (Å²) in [5.41, 5.74) is 2.10. The van der Waals surface area contributed by atoms with Gasteiger partial charge in [-0.05, 0) is 50.6 Å². The van der Waals surface area contributed by atoms with Gasteiger partial charge in [0.2, 0.25) is 5.95 Å². The number of anilines is 1. The van der Waals surface area contributed by atoms with Crippen LogP contribution in [0, 0.1) is 5.92 Å². The van der Waals surface area contributed by atoms with Crippen LogP contribution in [0.1, 0.15) is 45.1 Å². The first kappa shape index (κ1) is 16.6. The molecule has 1 aromatic heterocycles. The molecule has 3 heterocycles. The number of piperidine rings is 2. The maximum absolute atomic E-state index is 4.16. The second-order valence-electron chi connectivity index (χ2n) is 8.41. The lowest BCUT2D eigenvalue weighted by Gasteiger charge is -2.56. The summed E-state index contributed by atoms with van der Waals surface area (Å²) in [6, 6.07) is 11.1. The maximum atomic E-state index is 4.16. The molecule has 2 aliphatic heterocycles. The molecule has 2 fully saturated rings. The summed E-state index contributed by atoms with van der Waals surface area (Å²) >= 11 is 0. The van der Waals surface area contributed by atoms with Crippen LogP contribution < -0.4 is 5.32 Å². The van der Waals surface area contributed by atoms with Gasteiger partial charge in [0, 0.05) is 24.0 Å². The van der Waals surface area contributed by atoms with E-state index in [1.165, 1.54) is 44.3 Å². The second-order valence-corrected chi connectivity index (χ2v) is 8.41. The summed E-state index contributed by atoms with van der Waals surface area (Å²) in [6.45, 7) is 8.25. The molecule has 4 rings (SSSR count). The number of fused-ring (bicyclic) bond motifs is 1. The normalized spacial score (nSPS) is 33.0. The number of benzene rings is 1. The fraction of sp³-hybridized carbons (Fsp3) is 0.600. The fourth-order valence-electron chi connectivity index (χ4n) is 4.82. The molecule has 0 radical (unpaired) electrons. The first-order valence-electron chi connectivity index (χ1n) is 9.48. The Labute approximate surface area is 150 Å². The number of rotatable bonds is 4. The molecule has 134 valence electrons. The Morgan fingerprint density at radius 3 is 2.84 bits per heavy atom. The van der Waals surface area contributed by atoms with E-state index in [1.807, 2.05) is 0 Å². The zero-order valence-electron chi connectivity index (χ0n) is 15.3. The van der Waals surface area contributed by atoms with Gasteiger partial charge < -0.3 is 5.32 Å². The quantitative estimate of drug-likeness (QED) is 0.896. The van der Waals surface area contributed by atoms with Crippen LogP contribution in [0.15, 0.2) is 36.7 Å². The predicted molar refractivity (Wildman–Crippen MR) is 101 cm³/mol. The van der Waals surface area contributed by atoms with Crippen LogP contribution in [0.3, 0.4) is 0 Å². The van der Waals surface area contributed by atoms with E-state index in [-0.39, 0.29) is 5.41 Å². The third-order valence-corrected chi connectivity index (χ3v) is 6.49. The van der Waals surface area contributed by atoms with Gasteiger partial charge in [0.05, 0.1) is 0 Å². The summed E-state index contributed by atoms with van der Waals surface area (Å²) in [7, 11) is 0. The van der Waals surface area contributed by atoms with Gasteiger partial charge in [-0.3, -0.25) is 10.00 Å². The summed E-state index contributed by atoms with van der Waals surface area (Å²) in [4.78, 5) is 6.92. The number of nitrogens with one attached hydrogen (secondary N) is 2. The molecule has 1 aromatic carbocycles. The topological polar surface area (TPSA) is 56.8 Å². The van der Waals surface area contributed by atoms with Gasteiger partial charge in [0.25, 0.3) is 0 Å². The third kappa shape index (κ3) is 3.30. The van der Waals surface area contributed by atoms with E-state index in [4.69, 9.17) is 0 Å². The molecule has 2 aromatic rings. The number of aromatic amines is 1. The number of aromatic nitrogens is 3. The molecule has 0 bridgehead atoms. The number of nitrogens with zero attached hydrogens (tertiary/aromatic N) is 3. The zero-order valence-corrected chi connectivity index (χ0v) is 15.3. The van der Waals surface area contributed by atoms with Crippen molar-refractivity contribution in [1.29, 1.82) is 0 Å². The molecule has 5 heteroatoms. The van der Waals surface area contributed by atoms with Crippen LogP contribution in [-0.2, 0) is 5.41 Å². The van der Waals surface area contributed by atoms with Gasteiger partial charge in [-0.2, -0.15) is 0 Å². The molecule has 2 N–H and O–H groups in total. The minimum atomic E-state index is 0.283. The highest BCUT2D eigenvalue weighted by molar-refractivity contribution is 5.27. The van der Waals surface area contributed by atoms with Gasteiger partial charge in [-0.1, -0.05) is 37.3 Å². The molecule has 3 atom stereocenters. The van der Waals surface area contributed by atoms with Crippen molar-refractivity contribution >= 4 is 5.95 Å². The molecule has 2 aliphatic rings. The monoisotopic (exact) mass is 339 g/mol. The second kappa shape index (κ2) is 6.45. The number of hydrogen-bond donors (Lipinski definition) is 2. The molecule has 0 aliphatic carbocycles. The van der Waals surface area contributed by atoms with Gasteiger partial charge in [0.1, 0.15) is 6.33 Å². The zero-order chi connectivity index (χ0) is 17.3. The molecule has 0 spiro atoms. The van der Waals surface area contributed by atoms with E-state index in [9.17, 15) is 0 Å². The Morgan fingerprint density at radius 1 is 1.24 bits per heavy atom. The van der Waals surface area contributed by atoms with Crippen molar-refractivity contribution < 1.29 is 0 Å². The Hall–Kier alpha value is -1.88. The van der Waals surface area contributed by atoms with Crippen molar-refractivity contribution in [3.8, 4) is 0 Å². The van der Waals surface area contributed by atoms with Crippen molar-refractivity contribution in [2.45, 2.75) is 50.5 Å². The van der Waals surface area contributed by atoms with Crippen LogP contribution in [0.4, 0.5) is 5.95 Å². The third-order valence-electron chi connectivity index (χ3n) is 6.49. The highest BCUT2D eigenvalue weighted by atomic mass is 15.3. The molecule has 25 heavy (non-hydrogen) atoms. The van der Waals surface area contributed by atoms with Crippen molar-refractivity contribution in [3.63, 3.8) is 0 Å². The SMILES string of the molecule is CC1(c2ccccc2)CCC2(C)CC(CNc3nc[nH]n3)CCN2C1. The first-order chi connectivity index (χ1) is 12.1. The summed E-state index contributed by atoms with van der Waals surface area (Å²) in [6.07, 6.45) is 6.67. The van der Waals surface area contributed by atoms with Crippen molar-refractivity contribution in [1.82, 2.24) is 20.1 Å². The lowest BCUT2D eigenvalue weighted by atomic mass is 9.67. The van der Waals surface area contributed by atoms with Crippen molar-refractivity contribution in [3.05, 3.63) is 42.2 Å². The minimum absolute atomic E-state index is 0.283. The smallest absolute Gasteiger partial charge is 0.241 e. The highest BCUT2D eigenvalue weighted by Crippen LogP contribution is 2.45. The summed E-state index contributed by atoms with van der Waals surface area (Å²) in [5, 5.41) is 10.2. The summed E-state index contributed by atoms with van der Waals surface area (Å²) in [5.74, 6) is 1.41. The highest BCUT2D eigenvalue weighted by Gasteiger charge is 2.46. The minimum Gasteiger partial charge on any atom is -0.353 e. The molecule has 0 amide bonds. The van der Waals surface area contributed by atoms with Crippen LogP contribution in [0.2, 0.25) is 0 Å².